The average molecular weight is 625 g/mol. The largest absolute Gasteiger partial charge is 0.486 e. The van der Waals surface area contributed by atoms with Crippen molar-refractivity contribution < 1.29 is 37.9 Å². The minimum absolute atomic E-state index is 0.328. The van der Waals surface area contributed by atoms with Gasteiger partial charge in [0.15, 0.2) is 11.5 Å². The van der Waals surface area contributed by atoms with Gasteiger partial charge in [-0.3, -0.25) is 0 Å². The van der Waals surface area contributed by atoms with Crippen molar-refractivity contribution in [1.82, 2.24) is 8.75 Å². The maximum absolute atomic E-state index is 6.45. The second-order valence-corrected chi connectivity index (χ2v) is 10.9. The van der Waals surface area contributed by atoms with Gasteiger partial charge in [-0.15, -0.1) is 22.7 Å². The van der Waals surface area contributed by atoms with Crippen LogP contribution in [0.1, 0.15) is 0 Å². The second-order valence-electron chi connectivity index (χ2n) is 8.46. The lowest BCUT2D eigenvalue weighted by atomic mass is 10.0. The highest BCUT2D eigenvalue weighted by Crippen LogP contribution is 2.52. The van der Waals surface area contributed by atoms with E-state index in [1.54, 1.807) is 36.9 Å². The van der Waals surface area contributed by atoms with E-state index in [-0.39, 0.29) is 0 Å². The van der Waals surface area contributed by atoms with Crippen molar-refractivity contribution in [2.75, 3.05) is 93.5 Å². The molecule has 4 aromatic rings. The van der Waals surface area contributed by atoms with Crippen LogP contribution in [-0.4, -0.2) is 102 Å². The number of hydrogen-bond acceptors (Lipinski definition) is 13. The normalized spacial score (nSPS) is 11.5. The van der Waals surface area contributed by atoms with Crippen molar-refractivity contribution in [3.05, 3.63) is 35.0 Å². The molecule has 0 N–H and O–H groups in total. The monoisotopic (exact) mass is 624 g/mol. The quantitative estimate of drug-likeness (QED) is 0.108. The molecule has 10 nitrogen and oxygen atoms in total. The average Bonchev–Trinajstić information content (AvgIpc) is 3.79. The minimum atomic E-state index is 0.328. The summed E-state index contributed by atoms with van der Waals surface area (Å²) in [6.07, 6.45) is 0. The van der Waals surface area contributed by atoms with Crippen molar-refractivity contribution >= 4 is 45.4 Å². The fraction of sp³-hybridized carbons (Fsp3) is 0.500. The summed E-state index contributed by atoms with van der Waals surface area (Å²) in [7, 11) is 3.30. The Morgan fingerprint density at radius 1 is 0.537 bits per heavy atom. The van der Waals surface area contributed by atoms with Crippen molar-refractivity contribution in [3.63, 3.8) is 0 Å². The van der Waals surface area contributed by atoms with Crippen LogP contribution in [0.25, 0.3) is 31.9 Å². The molecule has 13 heteroatoms. The zero-order chi connectivity index (χ0) is 28.5. The summed E-state index contributed by atoms with van der Waals surface area (Å²) >= 11 is 4.42. The van der Waals surface area contributed by atoms with Crippen molar-refractivity contribution in [2.45, 2.75) is 0 Å². The summed E-state index contributed by atoms with van der Waals surface area (Å²) in [6.45, 7) is 5.57. The molecule has 0 spiro atoms. The van der Waals surface area contributed by atoms with E-state index < -0.39 is 0 Å². The van der Waals surface area contributed by atoms with E-state index in [4.69, 9.17) is 46.6 Å². The molecule has 0 amide bonds. The maximum Gasteiger partial charge on any atom is 0.172 e. The SMILES string of the molecule is COCCOCCOCCOc1c(OCCOCCOCCOC)c(-c2cccs2)c2nsnc2c1-c1cccs1. The fourth-order valence-electron chi connectivity index (χ4n) is 3.87. The van der Waals surface area contributed by atoms with Gasteiger partial charge in [-0.2, -0.15) is 8.75 Å². The van der Waals surface area contributed by atoms with E-state index >= 15 is 0 Å². The molecule has 0 aliphatic rings. The molecule has 41 heavy (non-hydrogen) atoms. The summed E-state index contributed by atoms with van der Waals surface area (Å²) in [4.78, 5) is 2.05. The molecule has 0 unspecified atom stereocenters. The summed E-state index contributed by atoms with van der Waals surface area (Å²) in [5, 5.41) is 4.07. The smallest absolute Gasteiger partial charge is 0.172 e. The highest BCUT2D eigenvalue weighted by atomic mass is 32.1. The molecular weight excluding hydrogens is 589 g/mol. The van der Waals surface area contributed by atoms with E-state index in [2.05, 4.69) is 12.1 Å². The number of rotatable bonds is 22. The number of fused-ring (bicyclic) bond motifs is 1. The van der Waals surface area contributed by atoms with Crippen molar-refractivity contribution in [3.8, 4) is 32.4 Å². The van der Waals surface area contributed by atoms with Gasteiger partial charge in [-0.05, 0) is 22.9 Å². The zero-order valence-corrected chi connectivity index (χ0v) is 25.8. The van der Waals surface area contributed by atoms with Gasteiger partial charge < -0.3 is 37.9 Å². The molecule has 1 aromatic carbocycles. The Labute approximate surface area is 252 Å². The molecule has 224 valence electrons. The Kier molecular flexibility index (Phi) is 14.2. The van der Waals surface area contributed by atoms with E-state index in [0.717, 1.165) is 31.9 Å². The minimum Gasteiger partial charge on any atom is -0.486 e. The van der Waals surface area contributed by atoms with E-state index in [1.807, 2.05) is 22.9 Å². The Morgan fingerprint density at radius 3 is 1.29 bits per heavy atom. The first-order valence-corrected chi connectivity index (χ1v) is 15.8. The molecule has 0 saturated heterocycles. The predicted octanol–water partition coefficient (Wildman–Crippen LogP) is 5.27. The van der Waals surface area contributed by atoms with Gasteiger partial charge in [-0.1, -0.05) is 12.1 Å². The van der Waals surface area contributed by atoms with Gasteiger partial charge in [0.25, 0.3) is 0 Å². The van der Waals surface area contributed by atoms with Crippen LogP contribution in [0, 0.1) is 0 Å². The molecular formula is C28H36N2O8S3. The van der Waals surface area contributed by atoms with Crippen LogP contribution >= 0.6 is 34.4 Å². The standard InChI is InChI=1S/C28H36N2O8S3/c1-31-7-9-33-11-13-35-15-17-37-27-23(21-5-3-19-39-21)25-26(30-41-29-25)24(22-6-4-20-40-22)28(27)38-18-16-36-14-12-34-10-8-32-2/h3-6,19-20H,7-18H2,1-2H3. The molecule has 0 aliphatic heterocycles. The lowest BCUT2D eigenvalue weighted by Gasteiger charge is -2.20. The Morgan fingerprint density at radius 2 is 0.927 bits per heavy atom. The summed E-state index contributed by atoms with van der Waals surface area (Å²) in [5.74, 6) is 1.25. The molecule has 0 saturated carbocycles. The molecule has 3 aromatic heterocycles. The molecule has 0 aliphatic carbocycles. The third-order valence-corrected chi connectivity index (χ3v) is 8.02. The highest BCUT2D eigenvalue weighted by molar-refractivity contribution is 7.14. The Hall–Kier alpha value is -2.20. The number of thiophene rings is 2. The van der Waals surface area contributed by atoms with Gasteiger partial charge in [0.1, 0.15) is 24.2 Å². The Bertz CT molecular complexity index is 1160. The third kappa shape index (κ3) is 9.40. The zero-order valence-electron chi connectivity index (χ0n) is 23.3. The van der Waals surface area contributed by atoms with Gasteiger partial charge >= 0.3 is 0 Å². The number of nitrogens with zero attached hydrogens (tertiary/aromatic N) is 2. The van der Waals surface area contributed by atoms with E-state index in [1.165, 1.54) is 11.7 Å². The molecule has 0 atom stereocenters. The third-order valence-electron chi connectivity index (χ3n) is 5.71. The van der Waals surface area contributed by atoms with E-state index in [9.17, 15) is 0 Å². The second kappa shape index (κ2) is 18.4. The van der Waals surface area contributed by atoms with Gasteiger partial charge in [0.2, 0.25) is 0 Å². The van der Waals surface area contributed by atoms with Crippen molar-refractivity contribution in [2.24, 2.45) is 0 Å². The van der Waals surface area contributed by atoms with Crippen LogP contribution in [0.3, 0.4) is 0 Å². The van der Waals surface area contributed by atoms with Crippen LogP contribution in [0.5, 0.6) is 11.5 Å². The molecule has 3 heterocycles. The lowest BCUT2D eigenvalue weighted by molar-refractivity contribution is 0.0160. The number of ether oxygens (including phenoxy) is 8. The van der Waals surface area contributed by atoms with Gasteiger partial charge in [0.05, 0.1) is 88.9 Å². The number of hydrogen-bond donors (Lipinski definition) is 0. The summed E-state index contributed by atoms with van der Waals surface area (Å²) < 4.78 is 54.7. The highest BCUT2D eigenvalue weighted by Gasteiger charge is 2.28. The first kappa shape index (κ1) is 31.7. The topological polar surface area (TPSA) is 99.6 Å². The maximum atomic E-state index is 6.45. The van der Waals surface area contributed by atoms with E-state index in [0.29, 0.717) is 90.8 Å². The van der Waals surface area contributed by atoms with Crippen LogP contribution in [0.4, 0.5) is 0 Å². The molecule has 4 rings (SSSR count). The molecule has 0 radical (unpaired) electrons. The summed E-state index contributed by atoms with van der Waals surface area (Å²) in [6, 6.07) is 8.14. The summed E-state index contributed by atoms with van der Waals surface area (Å²) in [5.41, 5.74) is 3.32. The number of aromatic nitrogens is 2. The van der Waals surface area contributed by atoms with Gasteiger partial charge in [0, 0.05) is 24.0 Å². The van der Waals surface area contributed by atoms with Crippen LogP contribution in [0.15, 0.2) is 35.0 Å². The van der Waals surface area contributed by atoms with Crippen LogP contribution in [-0.2, 0) is 28.4 Å². The predicted molar refractivity (Wildman–Crippen MR) is 162 cm³/mol. The molecule has 0 bridgehead atoms. The first-order valence-electron chi connectivity index (χ1n) is 13.3. The fourth-order valence-corrected chi connectivity index (χ4v) is 5.96. The van der Waals surface area contributed by atoms with Crippen LogP contribution < -0.4 is 9.47 Å². The number of methoxy groups -OCH3 is 2. The number of benzene rings is 1. The van der Waals surface area contributed by atoms with Crippen LogP contribution in [0.2, 0.25) is 0 Å². The molecule has 0 fully saturated rings. The Balaban J connectivity index is 1.52. The lowest BCUT2D eigenvalue weighted by Crippen LogP contribution is -2.15. The van der Waals surface area contributed by atoms with Crippen molar-refractivity contribution in [1.29, 1.82) is 0 Å². The first-order chi connectivity index (χ1) is 20.3. The van der Waals surface area contributed by atoms with Gasteiger partial charge in [-0.25, -0.2) is 0 Å².